The molecule has 0 aromatic rings. The number of likely N-dealkylation sites (N-methyl/N-ethyl adjacent to an activating group) is 1. The second kappa shape index (κ2) is 63.0. The Hall–Kier alpha value is -2.55. The minimum absolute atomic E-state index is 0.0313. The number of unbranched alkanes of at least 4 members (excludes halogenated alkanes) is 38. The summed E-state index contributed by atoms with van der Waals surface area (Å²) < 4.78 is 34.7. The van der Waals surface area contributed by atoms with Crippen molar-refractivity contribution in [1.29, 1.82) is 0 Å². The van der Waals surface area contributed by atoms with E-state index in [0.717, 1.165) is 64.2 Å². The van der Waals surface area contributed by atoms with E-state index < -0.39 is 26.5 Å². The van der Waals surface area contributed by atoms with E-state index in [2.05, 4.69) is 86.8 Å². The van der Waals surface area contributed by atoms with Crippen molar-refractivity contribution in [3.63, 3.8) is 0 Å². The Kier molecular flexibility index (Phi) is 61.0. The summed E-state index contributed by atoms with van der Waals surface area (Å²) in [6.45, 7) is 4.36. The van der Waals surface area contributed by atoms with E-state index in [1.54, 1.807) is 0 Å². The van der Waals surface area contributed by atoms with Crippen molar-refractivity contribution in [2.45, 2.75) is 328 Å². The summed E-state index contributed by atoms with van der Waals surface area (Å²) in [6.07, 6.45) is 84.3. The largest absolute Gasteiger partial charge is 0.472 e. The fraction of sp³-hybridized carbons (Fsp3) is 0.806. The van der Waals surface area contributed by atoms with Gasteiger partial charge in [0.15, 0.2) is 6.10 Å². The van der Waals surface area contributed by atoms with Crippen LogP contribution in [0.1, 0.15) is 322 Å². The molecule has 0 amide bonds. The van der Waals surface area contributed by atoms with E-state index >= 15 is 0 Å². The van der Waals surface area contributed by atoms with Crippen LogP contribution in [-0.4, -0.2) is 74.9 Å². The third-order valence-corrected chi connectivity index (χ3v) is 16.2. The van der Waals surface area contributed by atoms with Crippen molar-refractivity contribution in [2.75, 3.05) is 47.5 Å². The molecule has 0 aliphatic rings. The number of esters is 2. The predicted octanol–water partition coefficient (Wildman–Crippen LogP) is 22.4. The van der Waals surface area contributed by atoms with Gasteiger partial charge in [0.05, 0.1) is 27.7 Å². The van der Waals surface area contributed by atoms with Crippen LogP contribution in [-0.2, 0) is 32.7 Å². The summed E-state index contributed by atoms with van der Waals surface area (Å²) in [4.78, 5) is 35.9. The van der Waals surface area contributed by atoms with Crippen LogP contribution in [0.4, 0.5) is 0 Å². The molecule has 0 aromatic carbocycles. The monoisotopic (exact) mass is 1170 g/mol. The van der Waals surface area contributed by atoms with Gasteiger partial charge in [0.1, 0.15) is 19.8 Å². The Morgan fingerprint density at radius 1 is 0.390 bits per heavy atom. The molecule has 2 unspecified atom stereocenters. The maximum atomic E-state index is 12.9. The number of allylic oxidation sites excluding steroid dienone is 12. The smallest absolute Gasteiger partial charge is 0.462 e. The highest BCUT2D eigenvalue weighted by molar-refractivity contribution is 7.47. The summed E-state index contributed by atoms with van der Waals surface area (Å²) in [5.41, 5.74) is 0. The molecule has 1 N–H and O–H groups in total. The summed E-state index contributed by atoms with van der Waals surface area (Å²) in [5.74, 6) is -0.785. The average Bonchev–Trinajstić information content (AvgIpc) is 3.46. The molecule has 0 fully saturated rings. The van der Waals surface area contributed by atoms with Gasteiger partial charge in [-0.1, -0.05) is 299 Å². The molecule has 0 aliphatic heterocycles. The van der Waals surface area contributed by atoms with E-state index in [4.69, 9.17) is 18.5 Å². The van der Waals surface area contributed by atoms with Gasteiger partial charge in [-0.3, -0.25) is 18.6 Å². The first-order valence-electron chi connectivity index (χ1n) is 34.7. The molecule has 10 heteroatoms. The predicted molar refractivity (Wildman–Crippen MR) is 353 cm³/mol. The summed E-state index contributed by atoms with van der Waals surface area (Å²) in [7, 11) is 1.49. The molecule has 0 heterocycles. The fourth-order valence-corrected chi connectivity index (χ4v) is 10.7. The highest BCUT2D eigenvalue weighted by atomic mass is 31.2. The van der Waals surface area contributed by atoms with Crippen LogP contribution < -0.4 is 0 Å². The third-order valence-electron chi connectivity index (χ3n) is 15.2. The Morgan fingerprint density at radius 2 is 0.695 bits per heavy atom. The van der Waals surface area contributed by atoms with Gasteiger partial charge in [-0.2, -0.15) is 0 Å². The highest BCUT2D eigenvalue weighted by Crippen LogP contribution is 2.43. The van der Waals surface area contributed by atoms with E-state index in [9.17, 15) is 19.0 Å². The highest BCUT2D eigenvalue weighted by Gasteiger charge is 2.27. The van der Waals surface area contributed by atoms with Crippen LogP contribution in [0, 0.1) is 0 Å². The number of quaternary nitrogens is 1. The minimum atomic E-state index is -4.39. The normalized spacial score (nSPS) is 13.6. The number of rotatable bonds is 64. The van der Waals surface area contributed by atoms with Gasteiger partial charge in [0.25, 0.3) is 0 Å². The Labute approximate surface area is 508 Å². The second-order valence-corrected chi connectivity index (χ2v) is 26.0. The molecule has 0 bridgehead atoms. The van der Waals surface area contributed by atoms with Crippen LogP contribution >= 0.6 is 7.82 Å². The SMILES string of the molecule is CC/C=C\C/C=C\C/C=C\C/C=C\CCCCCCCCCCCCCCCCC(=O)OC(COC(=O)CCCCCCCCCCCCCCCCCCCCC/C=C\C/C=C\CCCCCCC)COP(=O)(O)OCC[N+](C)(C)C. The number of nitrogens with zero attached hydrogens (tertiary/aromatic N) is 1. The van der Waals surface area contributed by atoms with E-state index in [1.165, 1.54) is 225 Å². The maximum Gasteiger partial charge on any atom is 0.472 e. The molecular formula is C72H133NO8P+. The zero-order valence-electron chi connectivity index (χ0n) is 54.5. The Morgan fingerprint density at radius 3 is 1.04 bits per heavy atom. The fourth-order valence-electron chi connectivity index (χ4n) is 9.92. The number of phosphoric acid groups is 1. The van der Waals surface area contributed by atoms with Crippen molar-refractivity contribution in [3.05, 3.63) is 72.9 Å². The molecule has 2 atom stereocenters. The lowest BCUT2D eigenvalue weighted by Crippen LogP contribution is -2.37. The number of hydrogen-bond acceptors (Lipinski definition) is 7. The van der Waals surface area contributed by atoms with Crippen molar-refractivity contribution >= 4 is 19.8 Å². The van der Waals surface area contributed by atoms with Crippen LogP contribution in [0.2, 0.25) is 0 Å². The van der Waals surface area contributed by atoms with Gasteiger partial charge in [-0.05, 0) is 83.5 Å². The topological polar surface area (TPSA) is 108 Å². The molecule has 0 rings (SSSR count). The number of ether oxygens (including phenoxy) is 2. The van der Waals surface area contributed by atoms with E-state index in [-0.39, 0.29) is 25.6 Å². The average molecular weight is 1170 g/mol. The first kappa shape index (κ1) is 79.5. The van der Waals surface area contributed by atoms with Gasteiger partial charge in [0, 0.05) is 12.8 Å². The molecule has 9 nitrogen and oxygen atoms in total. The molecule has 478 valence electrons. The summed E-state index contributed by atoms with van der Waals surface area (Å²) >= 11 is 0. The zero-order valence-corrected chi connectivity index (χ0v) is 55.4. The van der Waals surface area contributed by atoms with Gasteiger partial charge in [-0.15, -0.1) is 0 Å². The molecular weight excluding hydrogens is 1040 g/mol. The summed E-state index contributed by atoms with van der Waals surface area (Å²) in [5, 5.41) is 0. The van der Waals surface area contributed by atoms with Gasteiger partial charge in [0.2, 0.25) is 0 Å². The molecule has 0 spiro atoms. The van der Waals surface area contributed by atoms with Crippen molar-refractivity contribution in [3.8, 4) is 0 Å². The molecule has 0 aliphatic carbocycles. The van der Waals surface area contributed by atoms with E-state index in [0.29, 0.717) is 23.9 Å². The number of carbonyl (C=O) groups excluding carboxylic acids is 2. The lowest BCUT2D eigenvalue weighted by molar-refractivity contribution is -0.870. The minimum Gasteiger partial charge on any atom is -0.462 e. The first-order chi connectivity index (χ1) is 40.0. The number of carbonyl (C=O) groups is 2. The van der Waals surface area contributed by atoms with Gasteiger partial charge >= 0.3 is 19.8 Å². The molecule has 0 radical (unpaired) electrons. The zero-order chi connectivity index (χ0) is 59.8. The van der Waals surface area contributed by atoms with Crippen LogP contribution in [0.3, 0.4) is 0 Å². The van der Waals surface area contributed by atoms with Crippen molar-refractivity contribution in [2.24, 2.45) is 0 Å². The number of phosphoric ester groups is 1. The Balaban J connectivity index is 4.02. The lowest BCUT2D eigenvalue weighted by atomic mass is 10.0. The van der Waals surface area contributed by atoms with Crippen LogP contribution in [0.25, 0.3) is 0 Å². The van der Waals surface area contributed by atoms with Crippen molar-refractivity contribution < 1.29 is 42.1 Å². The number of hydrogen-bond donors (Lipinski definition) is 1. The third kappa shape index (κ3) is 66.6. The van der Waals surface area contributed by atoms with Gasteiger partial charge in [-0.25, -0.2) is 4.57 Å². The first-order valence-corrected chi connectivity index (χ1v) is 36.2. The molecule has 0 aromatic heterocycles. The molecule has 82 heavy (non-hydrogen) atoms. The standard InChI is InChI=1S/C72H132NO8P/c1-6-8-10-12-14-16-18-20-22-24-26-28-30-32-34-35-36-37-39-40-42-44-46-48-50-52-54-56-58-60-62-64-71(74)78-68-70(69-80-82(76,77)79-67-66-73(3,4)5)81-72(75)65-63-61-59-57-55-53-51-49-47-45-43-41-38-33-31-29-27-25-23-21-19-17-15-13-11-9-7-2/h9,11,15,17-18,20-21,23-24,26-27,29,70H,6-8,10,12-14,16,19,22,25,28,30-69H2,1-5H3/p+1/b11-9-,17-15-,20-18-,23-21-,26-24-,29-27-. The molecule has 0 saturated carbocycles. The molecule has 0 saturated heterocycles. The van der Waals surface area contributed by atoms with Gasteiger partial charge < -0.3 is 18.9 Å². The van der Waals surface area contributed by atoms with Crippen LogP contribution in [0.5, 0.6) is 0 Å². The van der Waals surface area contributed by atoms with E-state index in [1.807, 2.05) is 21.1 Å². The maximum absolute atomic E-state index is 12.9. The Bertz CT molecular complexity index is 1610. The second-order valence-electron chi connectivity index (χ2n) is 24.5. The van der Waals surface area contributed by atoms with Crippen LogP contribution in [0.15, 0.2) is 72.9 Å². The summed E-state index contributed by atoms with van der Waals surface area (Å²) in [6, 6.07) is 0. The lowest BCUT2D eigenvalue weighted by Gasteiger charge is -2.24. The quantitative estimate of drug-likeness (QED) is 0.0211. The van der Waals surface area contributed by atoms with Crippen molar-refractivity contribution in [1.82, 2.24) is 0 Å².